The monoisotopic (exact) mass is 400 g/mol. The van der Waals surface area contributed by atoms with Crippen LogP contribution >= 0.6 is 0 Å². The second kappa shape index (κ2) is 6.81. The lowest BCUT2D eigenvalue weighted by Crippen LogP contribution is -2.09. The van der Waals surface area contributed by atoms with Crippen LogP contribution in [0, 0.1) is 12.7 Å². The number of nitrogens with zero attached hydrogens (tertiary/aromatic N) is 3. The zero-order valence-corrected chi connectivity index (χ0v) is 16.3. The fraction of sp³-hybridized carbons (Fsp3) is 0.0870. The highest BCUT2D eigenvalue weighted by Crippen LogP contribution is 2.26. The molecule has 2 aromatic carbocycles. The highest BCUT2D eigenvalue weighted by Gasteiger charge is 2.15. The number of halogens is 1. The van der Waals surface area contributed by atoms with Crippen LogP contribution in [0.5, 0.6) is 5.75 Å². The number of hydrogen-bond acceptors (Lipinski definition) is 4. The Hall–Kier alpha value is -4.00. The van der Waals surface area contributed by atoms with Crippen molar-refractivity contribution in [2.24, 2.45) is 0 Å². The van der Waals surface area contributed by atoms with Gasteiger partial charge in [-0.25, -0.2) is 13.9 Å². The van der Waals surface area contributed by atoms with E-state index < -0.39 is 5.82 Å². The normalized spacial score (nSPS) is 11.3. The molecule has 0 spiro atoms. The fourth-order valence-electron chi connectivity index (χ4n) is 3.56. The third-order valence-corrected chi connectivity index (χ3v) is 5.19. The van der Waals surface area contributed by atoms with E-state index in [0.717, 1.165) is 11.1 Å². The molecule has 0 amide bonds. The van der Waals surface area contributed by atoms with Crippen molar-refractivity contribution in [1.82, 2.24) is 19.6 Å². The molecule has 0 aliphatic carbocycles. The van der Waals surface area contributed by atoms with Crippen molar-refractivity contribution in [3.63, 3.8) is 0 Å². The van der Waals surface area contributed by atoms with E-state index in [4.69, 9.17) is 4.74 Å². The number of H-pyrrole nitrogens is 1. The van der Waals surface area contributed by atoms with Crippen LogP contribution in [0.3, 0.4) is 0 Å². The molecule has 0 radical (unpaired) electrons. The van der Waals surface area contributed by atoms with Crippen molar-refractivity contribution in [1.29, 1.82) is 0 Å². The molecule has 30 heavy (non-hydrogen) atoms. The topological polar surface area (TPSA) is 72.3 Å². The van der Waals surface area contributed by atoms with Crippen LogP contribution in [-0.4, -0.2) is 26.7 Å². The molecule has 3 heterocycles. The van der Waals surface area contributed by atoms with Crippen molar-refractivity contribution < 1.29 is 9.13 Å². The van der Waals surface area contributed by atoms with Gasteiger partial charge in [0.1, 0.15) is 0 Å². The van der Waals surface area contributed by atoms with Crippen LogP contribution in [0.4, 0.5) is 4.39 Å². The van der Waals surface area contributed by atoms with Crippen LogP contribution in [0.1, 0.15) is 5.56 Å². The molecule has 0 unspecified atom stereocenters. The number of pyridine rings is 2. The maximum Gasteiger partial charge on any atom is 0.198 e. The molecule has 3 aromatic heterocycles. The molecule has 5 rings (SSSR count). The number of ether oxygens (including phenoxy) is 1. The molecule has 0 aliphatic heterocycles. The Labute approximate surface area is 170 Å². The van der Waals surface area contributed by atoms with Gasteiger partial charge in [0, 0.05) is 28.2 Å². The van der Waals surface area contributed by atoms with Gasteiger partial charge in [0.15, 0.2) is 28.5 Å². The number of hydrogen-bond donors (Lipinski definition) is 1. The number of para-hydroxylation sites is 1. The average molecular weight is 400 g/mol. The van der Waals surface area contributed by atoms with E-state index in [9.17, 15) is 9.18 Å². The van der Waals surface area contributed by atoms with Gasteiger partial charge < -0.3 is 9.72 Å². The van der Waals surface area contributed by atoms with Gasteiger partial charge in [-0.15, -0.1) is 5.10 Å². The van der Waals surface area contributed by atoms with Gasteiger partial charge in [-0.2, -0.15) is 0 Å². The fourth-order valence-corrected chi connectivity index (χ4v) is 3.56. The van der Waals surface area contributed by atoms with E-state index in [0.29, 0.717) is 33.7 Å². The molecule has 7 heteroatoms. The first-order chi connectivity index (χ1) is 14.5. The van der Waals surface area contributed by atoms with E-state index in [1.165, 1.54) is 13.2 Å². The summed E-state index contributed by atoms with van der Waals surface area (Å²) in [6.07, 6.45) is 1.78. The average Bonchev–Trinajstić information content (AvgIpc) is 3.19. The summed E-state index contributed by atoms with van der Waals surface area (Å²) in [7, 11) is 1.43. The largest absolute Gasteiger partial charge is 0.494 e. The quantitative estimate of drug-likeness (QED) is 0.488. The van der Waals surface area contributed by atoms with Crippen LogP contribution in [0.25, 0.3) is 39.2 Å². The highest BCUT2D eigenvalue weighted by atomic mass is 19.1. The second-order valence-corrected chi connectivity index (χ2v) is 7.00. The lowest BCUT2D eigenvalue weighted by molar-refractivity contribution is 0.386. The third-order valence-electron chi connectivity index (χ3n) is 5.19. The van der Waals surface area contributed by atoms with E-state index >= 15 is 0 Å². The number of nitrogens with one attached hydrogen (secondary N) is 1. The number of fused-ring (bicyclic) bond motifs is 2. The summed E-state index contributed by atoms with van der Waals surface area (Å²) >= 11 is 0. The Bertz CT molecular complexity index is 1490. The first-order valence-electron chi connectivity index (χ1n) is 9.37. The maximum absolute atomic E-state index is 14.1. The van der Waals surface area contributed by atoms with Gasteiger partial charge in [0.25, 0.3) is 0 Å². The Kier molecular flexibility index (Phi) is 4.10. The zero-order valence-electron chi connectivity index (χ0n) is 16.3. The smallest absolute Gasteiger partial charge is 0.198 e. The predicted octanol–water partition coefficient (Wildman–Crippen LogP) is 4.36. The molecule has 1 N–H and O–H groups in total. The minimum Gasteiger partial charge on any atom is -0.494 e. The van der Waals surface area contributed by atoms with Gasteiger partial charge in [-0.05, 0) is 48.9 Å². The van der Waals surface area contributed by atoms with Gasteiger partial charge in [0.05, 0.1) is 12.8 Å². The van der Waals surface area contributed by atoms with Crippen molar-refractivity contribution in [2.75, 3.05) is 7.11 Å². The zero-order chi connectivity index (χ0) is 20.8. The number of methoxy groups -OCH3 is 1. The van der Waals surface area contributed by atoms with Gasteiger partial charge in [-0.3, -0.25) is 4.79 Å². The third kappa shape index (κ3) is 2.83. The van der Waals surface area contributed by atoms with Gasteiger partial charge >= 0.3 is 0 Å². The molecule has 0 fully saturated rings. The number of aromatic nitrogens is 4. The van der Waals surface area contributed by atoms with Crippen molar-refractivity contribution >= 4 is 16.6 Å². The second-order valence-electron chi connectivity index (χ2n) is 7.00. The standard InChI is InChI=1S/C23H17FN4O2/c1-13-21(25-18-6-4-3-5-16(18)22(13)29)23-26-20-10-8-15(12-28(20)27-23)14-7-9-19(30-2)17(24)11-14/h3-12H,1-2H3,(H,25,29). The Balaban J connectivity index is 1.63. The van der Waals surface area contributed by atoms with E-state index in [1.807, 2.05) is 30.3 Å². The predicted molar refractivity (Wildman–Crippen MR) is 113 cm³/mol. The summed E-state index contributed by atoms with van der Waals surface area (Å²) in [4.78, 5) is 20.6. The minimum atomic E-state index is -0.432. The maximum atomic E-state index is 14.1. The lowest BCUT2D eigenvalue weighted by Gasteiger charge is -2.05. The molecule has 6 nitrogen and oxygen atoms in total. The summed E-state index contributed by atoms with van der Waals surface area (Å²) in [5.74, 6) is 0.186. The molecule has 0 bridgehead atoms. The molecule has 0 saturated carbocycles. The molecule has 0 saturated heterocycles. The molecule has 0 aliphatic rings. The van der Waals surface area contributed by atoms with Crippen LogP contribution in [0.15, 0.2) is 65.6 Å². The highest BCUT2D eigenvalue weighted by molar-refractivity contribution is 5.82. The van der Waals surface area contributed by atoms with Crippen molar-refractivity contribution in [3.05, 3.63) is 82.4 Å². The number of rotatable bonds is 3. The van der Waals surface area contributed by atoms with Gasteiger partial charge in [-0.1, -0.05) is 18.2 Å². The summed E-state index contributed by atoms with van der Waals surface area (Å²) in [5.41, 5.74) is 3.92. The van der Waals surface area contributed by atoms with E-state index in [2.05, 4.69) is 15.1 Å². The first kappa shape index (κ1) is 18.1. The molecular formula is C23H17FN4O2. The summed E-state index contributed by atoms with van der Waals surface area (Å²) < 4.78 is 20.7. The molecule has 5 aromatic rings. The SMILES string of the molecule is COc1ccc(-c2ccc3nc(-c4[nH]c5ccccc5c(=O)c4C)nn3c2)cc1F. The summed E-state index contributed by atoms with van der Waals surface area (Å²) in [6, 6.07) is 15.8. The van der Waals surface area contributed by atoms with Crippen molar-refractivity contribution in [2.45, 2.75) is 6.92 Å². The molecule has 148 valence electrons. The van der Waals surface area contributed by atoms with Crippen LogP contribution in [-0.2, 0) is 0 Å². The molecular weight excluding hydrogens is 383 g/mol. The number of benzene rings is 2. The summed E-state index contributed by atoms with van der Waals surface area (Å²) in [6.45, 7) is 1.76. The lowest BCUT2D eigenvalue weighted by atomic mass is 10.1. The van der Waals surface area contributed by atoms with Crippen LogP contribution in [0.2, 0.25) is 0 Å². The first-order valence-corrected chi connectivity index (χ1v) is 9.37. The minimum absolute atomic E-state index is 0.0485. The molecule has 0 atom stereocenters. The van der Waals surface area contributed by atoms with E-state index in [1.54, 1.807) is 35.8 Å². The van der Waals surface area contributed by atoms with Crippen LogP contribution < -0.4 is 10.2 Å². The Morgan fingerprint density at radius 3 is 2.67 bits per heavy atom. The number of aromatic amines is 1. The Morgan fingerprint density at radius 1 is 1.07 bits per heavy atom. The van der Waals surface area contributed by atoms with Crippen molar-refractivity contribution in [3.8, 4) is 28.4 Å². The van der Waals surface area contributed by atoms with Gasteiger partial charge in [0.2, 0.25) is 0 Å². The summed E-state index contributed by atoms with van der Waals surface area (Å²) in [5, 5.41) is 5.18. The Morgan fingerprint density at radius 2 is 1.87 bits per heavy atom. The van der Waals surface area contributed by atoms with E-state index in [-0.39, 0.29) is 11.2 Å².